The van der Waals surface area contributed by atoms with Gasteiger partial charge in [0.15, 0.2) is 16.5 Å². The smallest absolute Gasteiger partial charge is 0.362 e. The van der Waals surface area contributed by atoms with Crippen molar-refractivity contribution in [3.8, 4) is 11.5 Å². The zero-order valence-corrected chi connectivity index (χ0v) is 16.6. The lowest BCUT2D eigenvalue weighted by Crippen LogP contribution is -2.17. The number of nitrogens with one attached hydrogen (secondary N) is 1. The van der Waals surface area contributed by atoms with Crippen molar-refractivity contribution < 1.29 is 33.5 Å². The Morgan fingerprint density at radius 3 is 2.62 bits per heavy atom. The molecule has 0 unspecified atom stereocenters. The minimum absolute atomic E-state index is 0.00198. The Morgan fingerprint density at radius 1 is 1.24 bits per heavy atom. The molecular weight excluding hydrogens is 408 g/mol. The average molecular weight is 426 g/mol. The van der Waals surface area contributed by atoms with Crippen LogP contribution in [-0.4, -0.2) is 60.4 Å². The molecule has 0 aliphatic heterocycles. The van der Waals surface area contributed by atoms with Crippen molar-refractivity contribution in [1.82, 2.24) is 9.59 Å². The van der Waals surface area contributed by atoms with Gasteiger partial charge in [-0.1, -0.05) is 4.49 Å². The topological polar surface area (TPSA) is 152 Å². The molecule has 1 aromatic heterocycles. The Bertz CT molecular complexity index is 901. The Balaban J connectivity index is 2.35. The Kier molecular flexibility index (Phi) is 7.79. The van der Waals surface area contributed by atoms with E-state index in [4.69, 9.17) is 18.9 Å². The van der Waals surface area contributed by atoms with E-state index in [1.165, 1.54) is 20.3 Å². The number of hydrogen-bond acceptors (Lipinski definition) is 11. The molecule has 2 rings (SSSR count). The Labute approximate surface area is 169 Å². The van der Waals surface area contributed by atoms with Crippen LogP contribution in [0.2, 0.25) is 0 Å². The molecule has 1 N–H and O–H groups in total. The molecule has 0 saturated carbocycles. The summed E-state index contributed by atoms with van der Waals surface area (Å²) in [7, 11) is 2.81. The van der Waals surface area contributed by atoms with Gasteiger partial charge in [0.05, 0.1) is 31.3 Å². The summed E-state index contributed by atoms with van der Waals surface area (Å²) in [5.74, 6) is -1.43. The van der Waals surface area contributed by atoms with Crippen molar-refractivity contribution in [2.24, 2.45) is 0 Å². The van der Waals surface area contributed by atoms with Crippen LogP contribution in [0.4, 0.5) is 10.7 Å². The predicted molar refractivity (Wildman–Crippen MR) is 101 cm³/mol. The van der Waals surface area contributed by atoms with E-state index in [2.05, 4.69) is 14.9 Å². The monoisotopic (exact) mass is 426 g/mol. The van der Waals surface area contributed by atoms with Gasteiger partial charge in [0.2, 0.25) is 5.69 Å². The second kappa shape index (κ2) is 10.3. The van der Waals surface area contributed by atoms with E-state index < -0.39 is 22.5 Å². The average Bonchev–Trinajstić information content (AvgIpc) is 3.16. The molecular formula is C16H18N4O8S. The number of nitrogens with zero attached hydrogens (tertiary/aromatic N) is 3. The van der Waals surface area contributed by atoms with Crippen molar-refractivity contribution in [3.05, 3.63) is 33.5 Å². The first kappa shape index (κ1) is 22.0. The fraction of sp³-hybridized carbons (Fsp3) is 0.375. The fourth-order valence-corrected chi connectivity index (χ4v) is 2.72. The first-order valence-corrected chi connectivity index (χ1v) is 8.99. The van der Waals surface area contributed by atoms with Crippen LogP contribution in [0.3, 0.4) is 0 Å². The van der Waals surface area contributed by atoms with Crippen LogP contribution in [0.1, 0.15) is 27.8 Å². The molecule has 0 aliphatic rings. The second-order valence-corrected chi connectivity index (χ2v) is 6.00. The Hall–Kier alpha value is -3.32. The minimum Gasteiger partial charge on any atom is -0.493 e. The third kappa shape index (κ3) is 5.36. The number of carbonyl (C=O) groups is 2. The quantitative estimate of drug-likeness (QED) is 0.258. The van der Waals surface area contributed by atoms with Gasteiger partial charge in [0, 0.05) is 24.7 Å². The van der Waals surface area contributed by atoms with Crippen LogP contribution in [0.15, 0.2) is 12.1 Å². The summed E-state index contributed by atoms with van der Waals surface area (Å²) in [5, 5.41) is 17.5. The van der Waals surface area contributed by atoms with Crippen LogP contribution >= 0.6 is 11.5 Å². The van der Waals surface area contributed by atoms with Crippen LogP contribution in [0.5, 0.6) is 11.5 Å². The maximum absolute atomic E-state index is 12.7. The highest BCUT2D eigenvalue weighted by molar-refractivity contribution is 7.10. The molecule has 0 radical (unpaired) electrons. The van der Waals surface area contributed by atoms with Crippen LogP contribution in [0, 0.1) is 10.1 Å². The molecule has 12 nitrogen and oxygen atoms in total. The third-order valence-corrected chi connectivity index (χ3v) is 4.09. The molecule has 0 spiro atoms. The van der Waals surface area contributed by atoms with Gasteiger partial charge in [-0.15, -0.1) is 5.10 Å². The minimum atomic E-state index is -0.852. The highest BCUT2D eigenvalue weighted by Crippen LogP contribution is 2.35. The molecule has 0 atom stereocenters. The normalized spacial score (nSPS) is 10.3. The van der Waals surface area contributed by atoms with Crippen LogP contribution < -0.4 is 14.8 Å². The first-order valence-electron chi connectivity index (χ1n) is 8.21. The molecule has 0 bridgehead atoms. The zero-order valence-electron chi connectivity index (χ0n) is 15.8. The molecule has 0 saturated heterocycles. The van der Waals surface area contributed by atoms with E-state index >= 15 is 0 Å². The van der Waals surface area contributed by atoms with E-state index in [1.807, 2.05) is 0 Å². The third-order valence-electron chi connectivity index (χ3n) is 3.45. The number of rotatable bonds is 10. The first-order chi connectivity index (χ1) is 13.9. The molecule has 0 aliphatic carbocycles. The highest BCUT2D eigenvalue weighted by atomic mass is 32.1. The van der Waals surface area contributed by atoms with Crippen LogP contribution in [0.25, 0.3) is 0 Å². The molecule has 1 amide bonds. The molecule has 2 aromatic rings. The van der Waals surface area contributed by atoms with Crippen molar-refractivity contribution in [2.75, 3.05) is 39.4 Å². The number of benzene rings is 1. The number of ether oxygens (including phenoxy) is 4. The van der Waals surface area contributed by atoms with Gasteiger partial charge in [-0.25, -0.2) is 4.79 Å². The summed E-state index contributed by atoms with van der Waals surface area (Å²) < 4.78 is 23.9. The van der Waals surface area contributed by atoms with Crippen molar-refractivity contribution in [2.45, 2.75) is 6.92 Å². The van der Waals surface area contributed by atoms with Gasteiger partial charge in [-0.05, 0) is 6.92 Å². The van der Waals surface area contributed by atoms with Gasteiger partial charge in [-0.3, -0.25) is 14.9 Å². The number of hydrogen-bond donors (Lipinski definition) is 1. The summed E-state index contributed by atoms with van der Waals surface area (Å²) in [6.07, 6.45) is 0. The lowest BCUT2D eigenvalue weighted by Gasteiger charge is -2.12. The number of carbonyl (C=O) groups excluding carboxylic acids is 2. The van der Waals surface area contributed by atoms with E-state index in [1.54, 1.807) is 6.92 Å². The molecule has 156 valence electrons. The summed E-state index contributed by atoms with van der Waals surface area (Å²) in [6, 6.07) is 2.26. The van der Waals surface area contributed by atoms with Gasteiger partial charge in [0.1, 0.15) is 12.2 Å². The number of aromatic nitrogens is 2. The summed E-state index contributed by atoms with van der Waals surface area (Å²) in [5.41, 5.74) is -1.00. The summed E-state index contributed by atoms with van der Waals surface area (Å²) >= 11 is 0.734. The van der Waals surface area contributed by atoms with Gasteiger partial charge < -0.3 is 24.3 Å². The number of anilines is 1. The largest absolute Gasteiger partial charge is 0.493 e. The fourth-order valence-electron chi connectivity index (χ4n) is 2.17. The maximum atomic E-state index is 12.7. The Morgan fingerprint density at radius 2 is 2.00 bits per heavy atom. The van der Waals surface area contributed by atoms with E-state index in [-0.39, 0.29) is 47.6 Å². The SMILES string of the molecule is CCOC(=O)c1nnsc1NC(=O)c1cc(OC)c(OCCOC)cc1[N+](=O)[O-]. The standard InChI is InChI=1S/C16H18N4O8S/c1-4-27-16(22)13-15(29-19-18-13)17-14(21)9-7-11(26-3)12(28-6-5-25-2)8-10(9)20(23)24/h7-8H,4-6H2,1-3H3,(H,17,21). The lowest BCUT2D eigenvalue weighted by atomic mass is 10.1. The maximum Gasteiger partial charge on any atom is 0.362 e. The number of nitro benzene ring substituents is 1. The molecule has 1 aromatic carbocycles. The molecule has 29 heavy (non-hydrogen) atoms. The van der Waals surface area contributed by atoms with Gasteiger partial charge >= 0.3 is 5.97 Å². The lowest BCUT2D eigenvalue weighted by molar-refractivity contribution is -0.385. The van der Waals surface area contributed by atoms with Crippen molar-refractivity contribution in [1.29, 1.82) is 0 Å². The van der Waals surface area contributed by atoms with Gasteiger partial charge in [0.25, 0.3) is 11.6 Å². The molecule has 13 heteroatoms. The second-order valence-electron chi connectivity index (χ2n) is 5.24. The number of methoxy groups -OCH3 is 2. The van der Waals surface area contributed by atoms with Gasteiger partial charge in [-0.2, -0.15) is 0 Å². The van der Waals surface area contributed by atoms with E-state index in [0.29, 0.717) is 0 Å². The highest BCUT2D eigenvalue weighted by Gasteiger charge is 2.27. The van der Waals surface area contributed by atoms with E-state index in [0.717, 1.165) is 17.6 Å². The molecule has 0 fully saturated rings. The summed E-state index contributed by atoms with van der Waals surface area (Å²) in [4.78, 5) is 35.3. The van der Waals surface area contributed by atoms with Crippen molar-refractivity contribution in [3.63, 3.8) is 0 Å². The number of esters is 1. The number of amides is 1. The number of nitro groups is 1. The van der Waals surface area contributed by atoms with E-state index in [9.17, 15) is 19.7 Å². The van der Waals surface area contributed by atoms with Crippen molar-refractivity contribution >= 4 is 34.1 Å². The summed E-state index contributed by atoms with van der Waals surface area (Å²) in [6.45, 7) is 2.11. The van der Waals surface area contributed by atoms with Crippen LogP contribution in [-0.2, 0) is 9.47 Å². The molecule has 1 heterocycles. The predicted octanol–water partition coefficient (Wildman–Crippen LogP) is 1.91. The zero-order chi connectivity index (χ0) is 21.4.